The van der Waals surface area contributed by atoms with Gasteiger partial charge in [-0.05, 0) is 25.1 Å². The lowest BCUT2D eigenvalue weighted by molar-refractivity contribution is 0.343. The smallest absolute Gasteiger partial charge is 0.168 e. The van der Waals surface area contributed by atoms with Crippen LogP contribution in [-0.4, -0.2) is 30.1 Å². The minimum Gasteiger partial charge on any atom is -0.366 e. The molecule has 66 valence electrons. The Bertz CT molecular complexity index is 121. The quantitative estimate of drug-likeness (QED) is 0.654. The highest BCUT2D eigenvalue weighted by Gasteiger charge is 2.11. The molecule has 0 radical (unpaired) electrons. The van der Waals surface area contributed by atoms with E-state index in [1.165, 1.54) is 0 Å². The van der Waals surface area contributed by atoms with Crippen molar-refractivity contribution in [2.75, 3.05) is 14.1 Å². The Morgan fingerprint density at radius 1 is 1.45 bits per heavy atom. The van der Waals surface area contributed by atoms with Crippen molar-refractivity contribution in [1.82, 2.24) is 10.2 Å². The molecule has 0 aliphatic heterocycles. The second kappa shape index (κ2) is 5.35. The van der Waals surface area contributed by atoms with Gasteiger partial charge in [-0.2, -0.15) is 0 Å². The van der Waals surface area contributed by atoms with E-state index >= 15 is 0 Å². The topological polar surface area (TPSA) is 15.3 Å². The van der Waals surface area contributed by atoms with Gasteiger partial charge in [0, 0.05) is 20.1 Å². The number of nitrogens with one attached hydrogen (secondary N) is 1. The lowest BCUT2D eigenvalue weighted by Gasteiger charge is -2.28. The summed E-state index contributed by atoms with van der Waals surface area (Å²) in [5.41, 5.74) is 0. The van der Waals surface area contributed by atoms with Crippen molar-refractivity contribution in [3.8, 4) is 0 Å². The van der Waals surface area contributed by atoms with E-state index in [0.717, 1.165) is 18.0 Å². The summed E-state index contributed by atoms with van der Waals surface area (Å²) in [7, 11) is 3.90. The van der Waals surface area contributed by atoms with Crippen LogP contribution in [0.25, 0.3) is 0 Å². The fraction of sp³-hybridized carbons (Fsp3) is 0.875. The van der Waals surface area contributed by atoms with Gasteiger partial charge in [-0.1, -0.05) is 13.8 Å². The Labute approximate surface area is 75.0 Å². The molecule has 0 spiro atoms. The fourth-order valence-corrected chi connectivity index (χ4v) is 1.33. The van der Waals surface area contributed by atoms with Crippen LogP contribution >= 0.6 is 12.2 Å². The summed E-state index contributed by atoms with van der Waals surface area (Å²) >= 11 is 5.10. The third-order valence-corrected chi connectivity index (χ3v) is 2.52. The maximum Gasteiger partial charge on any atom is 0.168 e. The van der Waals surface area contributed by atoms with Crippen molar-refractivity contribution in [2.24, 2.45) is 0 Å². The molecule has 0 aromatic rings. The fourth-order valence-electron chi connectivity index (χ4n) is 1.18. The molecular formula is C8H18N2S. The number of nitrogens with zero attached hydrogens (tertiary/aromatic N) is 1. The van der Waals surface area contributed by atoms with E-state index in [2.05, 4.69) is 24.1 Å². The molecule has 0 aliphatic carbocycles. The third kappa shape index (κ3) is 3.06. The zero-order chi connectivity index (χ0) is 8.85. The van der Waals surface area contributed by atoms with Gasteiger partial charge in [0.25, 0.3) is 0 Å². The van der Waals surface area contributed by atoms with E-state index in [1.807, 2.05) is 14.1 Å². The second-order valence-electron chi connectivity index (χ2n) is 2.64. The zero-order valence-electron chi connectivity index (χ0n) is 7.85. The molecule has 0 aromatic heterocycles. The largest absolute Gasteiger partial charge is 0.366 e. The molecule has 0 aliphatic rings. The second-order valence-corrected chi connectivity index (χ2v) is 3.02. The van der Waals surface area contributed by atoms with E-state index in [-0.39, 0.29) is 0 Å². The molecule has 0 unspecified atom stereocenters. The van der Waals surface area contributed by atoms with E-state index < -0.39 is 0 Å². The standard InChI is InChI=1S/C8H18N2S/c1-5-7(6-2)10(4)8(11)9-3/h7H,5-6H2,1-4H3,(H,9,11). The van der Waals surface area contributed by atoms with Crippen LogP contribution < -0.4 is 5.32 Å². The third-order valence-electron chi connectivity index (χ3n) is 2.02. The van der Waals surface area contributed by atoms with Gasteiger partial charge < -0.3 is 10.2 Å². The first-order valence-corrected chi connectivity index (χ1v) is 4.52. The van der Waals surface area contributed by atoms with E-state index in [9.17, 15) is 0 Å². The summed E-state index contributed by atoms with van der Waals surface area (Å²) < 4.78 is 0. The maximum atomic E-state index is 5.10. The minimum atomic E-state index is 0.579. The van der Waals surface area contributed by atoms with Crippen LogP contribution in [0.4, 0.5) is 0 Å². The Hall–Kier alpha value is -0.310. The lowest BCUT2D eigenvalue weighted by atomic mass is 10.1. The average molecular weight is 174 g/mol. The molecule has 0 bridgehead atoms. The van der Waals surface area contributed by atoms with Crippen molar-refractivity contribution in [1.29, 1.82) is 0 Å². The molecule has 11 heavy (non-hydrogen) atoms. The van der Waals surface area contributed by atoms with E-state index in [4.69, 9.17) is 12.2 Å². The molecule has 3 heteroatoms. The number of hydrogen-bond donors (Lipinski definition) is 1. The van der Waals surface area contributed by atoms with Gasteiger partial charge >= 0.3 is 0 Å². The molecule has 0 saturated carbocycles. The van der Waals surface area contributed by atoms with Crippen LogP contribution in [0.15, 0.2) is 0 Å². The summed E-state index contributed by atoms with van der Waals surface area (Å²) in [6.07, 6.45) is 2.30. The highest BCUT2D eigenvalue weighted by atomic mass is 32.1. The monoisotopic (exact) mass is 174 g/mol. The molecule has 0 atom stereocenters. The molecule has 0 aromatic carbocycles. The first-order chi connectivity index (χ1) is 5.17. The van der Waals surface area contributed by atoms with Gasteiger partial charge in [0.1, 0.15) is 0 Å². The SMILES string of the molecule is CCC(CC)N(C)C(=S)NC. The molecule has 0 amide bonds. The number of hydrogen-bond acceptors (Lipinski definition) is 1. The molecule has 0 saturated heterocycles. The van der Waals surface area contributed by atoms with Gasteiger partial charge in [-0.15, -0.1) is 0 Å². The number of rotatable bonds is 3. The van der Waals surface area contributed by atoms with Gasteiger partial charge in [-0.3, -0.25) is 0 Å². The highest BCUT2D eigenvalue weighted by molar-refractivity contribution is 7.80. The van der Waals surface area contributed by atoms with Crippen LogP contribution in [0, 0.1) is 0 Å². The van der Waals surface area contributed by atoms with Gasteiger partial charge in [0.05, 0.1) is 0 Å². The lowest BCUT2D eigenvalue weighted by Crippen LogP contribution is -2.41. The van der Waals surface area contributed by atoms with Crippen LogP contribution in [0.2, 0.25) is 0 Å². The van der Waals surface area contributed by atoms with Gasteiger partial charge in [0.2, 0.25) is 0 Å². The average Bonchev–Trinajstić information content (AvgIpc) is 2.05. The predicted octanol–water partition coefficient (Wildman–Crippen LogP) is 1.61. The van der Waals surface area contributed by atoms with E-state index in [0.29, 0.717) is 6.04 Å². The van der Waals surface area contributed by atoms with E-state index in [1.54, 1.807) is 0 Å². The van der Waals surface area contributed by atoms with Gasteiger partial charge in [-0.25, -0.2) is 0 Å². The molecule has 1 N–H and O–H groups in total. The normalized spacial score (nSPS) is 9.91. The van der Waals surface area contributed by atoms with Crippen molar-refractivity contribution in [3.05, 3.63) is 0 Å². The maximum absolute atomic E-state index is 5.10. The Kier molecular flexibility index (Phi) is 5.20. The molecular weight excluding hydrogens is 156 g/mol. The Balaban J connectivity index is 3.97. The Morgan fingerprint density at radius 2 is 1.91 bits per heavy atom. The number of thiocarbonyl (C=S) groups is 1. The van der Waals surface area contributed by atoms with Gasteiger partial charge in [0.15, 0.2) is 5.11 Å². The van der Waals surface area contributed by atoms with Crippen molar-refractivity contribution >= 4 is 17.3 Å². The summed E-state index contributed by atoms with van der Waals surface area (Å²) in [4.78, 5) is 2.12. The minimum absolute atomic E-state index is 0.579. The van der Waals surface area contributed by atoms with Crippen LogP contribution in [0.3, 0.4) is 0 Å². The predicted molar refractivity (Wildman–Crippen MR) is 53.8 cm³/mol. The Morgan fingerprint density at radius 3 is 2.18 bits per heavy atom. The summed E-state index contributed by atoms with van der Waals surface area (Å²) in [6, 6.07) is 0.579. The summed E-state index contributed by atoms with van der Waals surface area (Å²) in [6.45, 7) is 4.37. The first-order valence-electron chi connectivity index (χ1n) is 4.11. The van der Waals surface area contributed by atoms with Crippen molar-refractivity contribution in [2.45, 2.75) is 32.7 Å². The van der Waals surface area contributed by atoms with Crippen LogP contribution in [0.1, 0.15) is 26.7 Å². The first kappa shape index (κ1) is 10.7. The van der Waals surface area contributed by atoms with Crippen LogP contribution in [-0.2, 0) is 0 Å². The van der Waals surface area contributed by atoms with Crippen LogP contribution in [0.5, 0.6) is 0 Å². The molecule has 2 nitrogen and oxygen atoms in total. The van der Waals surface area contributed by atoms with Crippen molar-refractivity contribution < 1.29 is 0 Å². The molecule has 0 fully saturated rings. The highest BCUT2D eigenvalue weighted by Crippen LogP contribution is 2.05. The summed E-state index contributed by atoms with van der Waals surface area (Å²) in [5.74, 6) is 0. The molecule has 0 rings (SSSR count). The zero-order valence-corrected chi connectivity index (χ0v) is 8.66. The molecule has 0 heterocycles. The van der Waals surface area contributed by atoms with Crippen molar-refractivity contribution in [3.63, 3.8) is 0 Å². The summed E-state index contributed by atoms with van der Waals surface area (Å²) in [5, 5.41) is 3.80.